The van der Waals surface area contributed by atoms with Crippen LogP contribution in [-0.4, -0.2) is 27.5 Å². The van der Waals surface area contributed by atoms with Gasteiger partial charge in [0.25, 0.3) is 0 Å². The van der Waals surface area contributed by atoms with Crippen molar-refractivity contribution in [2.45, 2.75) is 10.9 Å². The highest BCUT2D eigenvalue weighted by Gasteiger charge is 2.25. The fourth-order valence-electron chi connectivity index (χ4n) is 1.35. The standard InChI is InChI=1S/C9H10BrFN2O2S/c10-8-3-6(11)1-2-9(8)16(14,15)13-7-4-12-5-7/h1-3,7,12-13H,4-5H2. The Morgan fingerprint density at radius 2 is 2.12 bits per heavy atom. The fourth-order valence-corrected chi connectivity index (χ4v) is 3.63. The molecule has 0 aromatic heterocycles. The van der Waals surface area contributed by atoms with E-state index in [9.17, 15) is 12.8 Å². The minimum Gasteiger partial charge on any atom is -0.313 e. The topological polar surface area (TPSA) is 58.2 Å². The summed E-state index contributed by atoms with van der Waals surface area (Å²) in [5, 5.41) is 2.96. The molecule has 0 radical (unpaired) electrons. The predicted octanol–water partition coefficient (Wildman–Crippen LogP) is 0.838. The first kappa shape index (κ1) is 12.0. The number of benzene rings is 1. The van der Waals surface area contributed by atoms with Crippen molar-refractivity contribution < 1.29 is 12.8 Å². The maximum atomic E-state index is 12.8. The molecular formula is C9H10BrFN2O2S. The predicted molar refractivity (Wildman–Crippen MR) is 61.1 cm³/mol. The second-order valence-corrected chi connectivity index (χ2v) is 6.09. The summed E-state index contributed by atoms with van der Waals surface area (Å²) in [6.45, 7) is 1.25. The van der Waals surface area contributed by atoms with Crippen LogP contribution in [0.4, 0.5) is 4.39 Å². The Morgan fingerprint density at radius 1 is 1.44 bits per heavy atom. The molecule has 16 heavy (non-hydrogen) atoms. The Balaban J connectivity index is 2.27. The smallest absolute Gasteiger partial charge is 0.242 e. The quantitative estimate of drug-likeness (QED) is 0.870. The van der Waals surface area contributed by atoms with Crippen LogP contribution in [0, 0.1) is 5.82 Å². The third kappa shape index (κ3) is 2.42. The van der Waals surface area contributed by atoms with Crippen LogP contribution >= 0.6 is 15.9 Å². The highest BCUT2D eigenvalue weighted by atomic mass is 79.9. The van der Waals surface area contributed by atoms with Crippen LogP contribution in [0.1, 0.15) is 0 Å². The van der Waals surface area contributed by atoms with Crippen molar-refractivity contribution in [2.75, 3.05) is 13.1 Å². The van der Waals surface area contributed by atoms with Crippen molar-refractivity contribution in [3.05, 3.63) is 28.5 Å². The van der Waals surface area contributed by atoms with Crippen LogP contribution in [0.2, 0.25) is 0 Å². The molecule has 88 valence electrons. The normalized spacial score (nSPS) is 17.1. The first-order valence-corrected chi connectivity index (χ1v) is 6.95. The summed E-state index contributed by atoms with van der Waals surface area (Å²) < 4.78 is 39.3. The molecule has 4 nitrogen and oxygen atoms in total. The van der Waals surface area contributed by atoms with E-state index in [1.54, 1.807) is 0 Å². The molecule has 7 heteroatoms. The van der Waals surface area contributed by atoms with Crippen molar-refractivity contribution in [1.29, 1.82) is 0 Å². The second-order valence-electron chi connectivity index (χ2n) is 3.55. The van der Waals surface area contributed by atoms with Gasteiger partial charge in [-0.25, -0.2) is 17.5 Å². The van der Waals surface area contributed by atoms with Crippen LogP contribution in [-0.2, 0) is 10.0 Å². The molecule has 1 aromatic carbocycles. The van der Waals surface area contributed by atoms with Crippen LogP contribution in [0.25, 0.3) is 0 Å². The van der Waals surface area contributed by atoms with Gasteiger partial charge in [0.05, 0.1) is 4.90 Å². The van der Waals surface area contributed by atoms with E-state index >= 15 is 0 Å². The van der Waals surface area contributed by atoms with Gasteiger partial charge in [0.1, 0.15) is 5.82 Å². The third-order valence-corrected chi connectivity index (χ3v) is 4.78. The molecule has 0 bridgehead atoms. The minimum atomic E-state index is -3.57. The highest BCUT2D eigenvalue weighted by Crippen LogP contribution is 2.22. The van der Waals surface area contributed by atoms with E-state index in [1.807, 2.05) is 0 Å². The molecular weight excluding hydrogens is 299 g/mol. The zero-order chi connectivity index (χ0) is 11.8. The van der Waals surface area contributed by atoms with Gasteiger partial charge in [0.2, 0.25) is 10.0 Å². The molecule has 1 fully saturated rings. The van der Waals surface area contributed by atoms with Gasteiger partial charge in [-0.15, -0.1) is 0 Å². The fraction of sp³-hybridized carbons (Fsp3) is 0.333. The molecule has 0 spiro atoms. The SMILES string of the molecule is O=S(=O)(NC1CNC1)c1ccc(F)cc1Br. The Bertz CT molecular complexity index is 502. The van der Waals surface area contributed by atoms with E-state index in [-0.39, 0.29) is 15.4 Å². The van der Waals surface area contributed by atoms with E-state index in [0.717, 1.165) is 12.1 Å². The molecule has 0 amide bonds. The Labute approximate surface area is 101 Å². The van der Waals surface area contributed by atoms with Crippen molar-refractivity contribution in [1.82, 2.24) is 10.0 Å². The number of halogens is 2. The van der Waals surface area contributed by atoms with Gasteiger partial charge in [0.15, 0.2) is 0 Å². The van der Waals surface area contributed by atoms with Crippen molar-refractivity contribution >= 4 is 26.0 Å². The largest absolute Gasteiger partial charge is 0.313 e. The monoisotopic (exact) mass is 308 g/mol. The zero-order valence-corrected chi connectivity index (χ0v) is 10.6. The summed E-state index contributed by atoms with van der Waals surface area (Å²) in [6.07, 6.45) is 0. The lowest BCUT2D eigenvalue weighted by Gasteiger charge is -2.27. The van der Waals surface area contributed by atoms with Gasteiger partial charge in [-0.2, -0.15) is 0 Å². The minimum absolute atomic E-state index is 0.0563. The molecule has 0 atom stereocenters. The molecule has 1 aliphatic rings. The molecule has 1 heterocycles. The van der Waals surface area contributed by atoms with Gasteiger partial charge in [-0.3, -0.25) is 0 Å². The number of sulfonamides is 1. The maximum Gasteiger partial charge on any atom is 0.242 e. The van der Waals surface area contributed by atoms with Crippen molar-refractivity contribution in [3.8, 4) is 0 Å². The molecule has 0 aliphatic carbocycles. The number of hydrogen-bond donors (Lipinski definition) is 2. The van der Waals surface area contributed by atoms with E-state index < -0.39 is 15.8 Å². The first-order valence-electron chi connectivity index (χ1n) is 4.67. The molecule has 2 N–H and O–H groups in total. The lowest BCUT2D eigenvalue weighted by molar-refractivity contribution is 0.410. The van der Waals surface area contributed by atoms with Crippen molar-refractivity contribution in [3.63, 3.8) is 0 Å². The third-order valence-electron chi connectivity index (χ3n) is 2.29. The highest BCUT2D eigenvalue weighted by molar-refractivity contribution is 9.10. The number of hydrogen-bond acceptors (Lipinski definition) is 3. The van der Waals surface area contributed by atoms with Gasteiger partial charge in [-0.05, 0) is 34.1 Å². The molecule has 1 aliphatic heterocycles. The number of nitrogens with one attached hydrogen (secondary N) is 2. The van der Waals surface area contributed by atoms with Crippen molar-refractivity contribution in [2.24, 2.45) is 0 Å². The van der Waals surface area contributed by atoms with Crippen LogP contribution < -0.4 is 10.0 Å². The summed E-state index contributed by atoms with van der Waals surface area (Å²) in [7, 11) is -3.57. The second kappa shape index (κ2) is 4.40. The Morgan fingerprint density at radius 3 is 2.62 bits per heavy atom. The maximum absolute atomic E-state index is 12.8. The van der Waals surface area contributed by atoms with Gasteiger partial charge in [-0.1, -0.05) is 0 Å². The van der Waals surface area contributed by atoms with Gasteiger partial charge in [0, 0.05) is 23.6 Å². The van der Waals surface area contributed by atoms with Crippen LogP contribution in [0.3, 0.4) is 0 Å². The zero-order valence-electron chi connectivity index (χ0n) is 8.20. The lowest BCUT2D eigenvalue weighted by atomic mass is 10.2. The van der Waals surface area contributed by atoms with E-state index in [4.69, 9.17) is 0 Å². The summed E-state index contributed by atoms with van der Waals surface area (Å²) >= 11 is 3.04. The molecule has 1 saturated heterocycles. The van der Waals surface area contributed by atoms with E-state index in [2.05, 4.69) is 26.0 Å². The molecule has 2 rings (SSSR count). The average molecular weight is 309 g/mol. The Kier molecular flexibility index (Phi) is 3.29. The lowest BCUT2D eigenvalue weighted by Crippen LogP contribution is -2.56. The summed E-state index contributed by atoms with van der Waals surface area (Å²) in [6, 6.07) is 3.42. The molecule has 1 aromatic rings. The van der Waals surface area contributed by atoms with E-state index in [0.29, 0.717) is 13.1 Å². The Hall–Kier alpha value is -0.500. The molecule has 0 saturated carbocycles. The summed E-state index contributed by atoms with van der Waals surface area (Å²) in [5.74, 6) is -0.476. The van der Waals surface area contributed by atoms with E-state index in [1.165, 1.54) is 6.07 Å². The average Bonchev–Trinajstić information content (AvgIpc) is 2.11. The number of rotatable bonds is 3. The summed E-state index contributed by atoms with van der Waals surface area (Å²) in [5.41, 5.74) is 0. The van der Waals surface area contributed by atoms with Crippen LogP contribution in [0.5, 0.6) is 0 Å². The summed E-state index contributed by atoms with van der Waals surface area (Å²) in [4.78, 5) is 0.0563. The first-order chi connectivity index (χ1) is 7.49. The molecule has 0 unspecified atom stereocenters. The van der Waals surface area contributed by atoms with Gasteiger partial charge >= 0.3 is 0 Å². The van der Waals surface area contributed by atoms with Gasteiger partial charge < -0.3 is 5.32 Å². The van der Waals surface area contributed by atoms with Crippen LogP contribution in [0.15, 0.2) is 27.6 Å².